The lowest BCUT2D eigenvalue weighted by atomic mass is 10.1. The highest BCUT2D eigenvalue weighted by atomic mass is 32.2. The monoisotopic (exact) mass is 408 g/mol. The van der Waals surface area contributed by atoms with E-state index in [-0.39, 0.29) is 4.90 Å². The first-order valence-electron chi connectivity index (χ1n) is 8.92. The van der Waals surface area contributed by atoms with Crippen LogP contribution < -0.4 is 0 Å². The van der Waals surface area contributed by atoms with Crippen LogP contribution in [0.1, 0.15) is 16.0 Å². The van der Waals surface area contributed by atoms with Gasteiger partial charge in [-0.1, -0.05) is 60.7 Å². The number of benzene rings is 2. The molecule has 0 amide bonds. The Kier molecular flexibility index (Phi) is 4.91. The Morgan fingerprint density at radius 2 is 1.79 bits per heavy atom. The van der Waals surface area contributed by atoms with E-state index < -0.39 is 16.1 Å². The number of hydrogen-bond acceptors (Lipinski definition) is 4. The topological polar surface area (TPSA) is 49.7 Å². The zero-order valence-corrected chi connectivity index (χ0v) is 17.1. The number of rotatable bonds is 5. The second-order valence-electron chi connectivity index (χ2n) is 6.66. The van der Waals surface area contributed by atoms with Gasteiger partial charge in [0.15, 0.2) is 0 Å². The van der Waals surface area contributed by atoms with E-state index in [9.17, 15) is 8.42 Å². The van der Waals surface area contributed by atoms with Gasteiger partial charge >= 0.3 is 0 Å². The van der Waals surface area contributed by atoms with E-state index in [1.807, 2.05) is 66.9 Å². The van der Waals surface area contributed by atoms with Crippen molar-refractivity contribution in [3.8, 4) is 0 Å². The fourth-order valence-corrected chi connectivity index (χ4v) is 5.63. The van der Waals surface area contributed by atoms with Gasteiger partial charge in [-0.25, -0.2) is 12.7 Å². The molecular formula is C22H20N2O2S2. The van der Waals surface area contributed by atoms with E-state index in [4.69, 9.17) is 0 Å². The van der Waals surface area contributed by atoms with Crippen LogP contribution in [-0.4, -0.2) is 31.1 Å². The Morgan fingerprint density at radius 3 is 2.43 bits per heavy atom. The molecule has 6 heteroatoms. The molecule has 0 saturated carbocycles. The molecule has 0 fully saturated rings. The van der Waals surface area contributed by atoms with Crippen molar-refractivity contribution in [1.29, 1.82) is 0 Å². The molecule has 0 aliphatic carbocycles. The second kappa shape index (κ2) is 7.37. The molecule has 28 heavy (non-hydrogen) atoms. The van der Waals surface area contributed by atoms with Crippen molar-refractivity contribution in [2.45, 2.75) is 17.9 Å². The number of nitrogens with zero attached hydrogens (tertiary/aromatic N) is 2. The Morgan fingerprint density at radius 1 is 1.07 bits per heavy atom. The molecule has 1 aliphatic rings. The van der Waals surface area contributed by atoms with Gasteiger partial charge in [-0.2, -0.15) is 0 Å². The first kappa shape index (κ1) is 18.7. The van der Waals surface area contributed by atoms with E-state index in [0.717, 1.165) is 21.6 Å². The maximum Gasteiger partial charge on any atom is 0.266 e. The van der Waals surface area contributed by atoms with Crippen LogP contribution in [0.5, 0.6) is 0 Å². The van der Waals surface area contributed by atoms with Gasteiger partial charge in [-0.15, -0.1) is 11.3 Å². The van der Waals surface area contributed by atoms with Gasteiger partial charge in [0.05, 0.1) is 17.5 Å². The molecule has 4 rings (SSSR count). The van der Waals surface area contributed by atoms with Crippen LogP contribution >= 0.6 is 11.3 Å². The van der Waals surface area contributed by atoms with Gasteiger partial charge in [0.25, 0.3) is 10.0 Å². The van der Waals surface area contributed by atoms with Crippen LogP contribution in [0.25, 0.3) is 5.57 Å². The van der Waals surface area contributed by atoms with E-state index in [1.54, 1.807) is 23.5 Å². The molecule has 0 spiro atoms. The smallest absolute Gasteiger partial charge is 0.265 e. The number of sulfonamides is 1. The fourth-order valence-electron chi connectivity index (χ4n) is 3.25. The van der Waals surface area contributed by atoms with Gasteiger partial charge in [0.2, 0.25) is 0 Å². The first-order chi connectivity index (χ1) is 13.5. The van der Waals surface area contributed by atoms with Gasteiger partial charge in [-0.3, -0.25) is 4.99 Å². The molecule has 2 heterocycles. The van der Waals surface area contributed by atoms with Gasteiger partial charge in [0, 0.05) is 10.4 Å². The minimum atomic E-state index is -3.79. The molecule has 1 aliphatic heterocycles. The molecule has 2 aromatic carbocycles. The second-order valence-corrected chi connectivity index (χ2v) is 9.43. The van der Waals surface area contributed by atoms with Crippen molar-refractivity contribution in [2.75, 3.05) is 6.54 Å². The van der Waals surface area contributed by atoms with Crippen molar-refractivity contribution in [3.63, 3.8) is 0 Å². The predicted molar refractivity (Wildman–Crippen MR) is 115 cm³/mol. The maximum atomic E-state index is 13.6. The number of aryl methyl sites for hydroxylation is 1. The third kappa shape index (κ3) is 3.30. The van der Waals surface area contributed by atoms with Crippen LogP contribution in [0.3, 0.4) is 0 Å². The van der Waals surface area contributed by atoms with Crippen LogP contribution in [-0.2, 0) is 10.0 Å². The summed E-state index contributed by atoms with van der Waals surface area (Å²) in [6, 6.07) is 19.8. The van der Waals surface area contributed by atoms with E-state index >= 15 is 0 Å². The number of hydrogen-bond donors (Lipinski definition) is 0. The molecule has 1 atom stereocenters. The molecule has 142 valence electrons. The minimum absolute atomic E-state index is 0.257. The lowest BCUT2D eigenvalue weighted by molar-refractivity contribution is 0.509. The average molecular weight is 409 g/mol. The Balaban J connectivity index is 1.81. The minimum Gasteiger partial charge on any atom is -0.265 e. The molecule has 1 aromatic heterocycles. The number of aliphatic imine (C=N–C) groups is 1. The maximum absolute atomic E-state index is 13.6. The zero-order chi connectivity index (χ0) is 19.7. The molecule has 0 N–H and O–H groups in total. The predicted octanol–water partition coefficient (Wildman–Crippen LogP) is 4.59. The highest BCUT2D eigenvalue weighted by Crippen LogP contribution is 2.33. The van der Waals surface area contributed by atoms with Crippen molar-refractivity contribution < 1.29 is 8.42 Å². The molecule has 4 nitrogen and oxygen atoms in total. The Hall–Kier alpha value is -2.70. The summed E-state index contributed by atoms with van der Waals surface area (Å²) >= 11 is 1.55. The molecule has 1 unspecified atom stereocenters. The Bertz CT molecular complexity index is 1120. The summed E-state index contributed by atoms with van der Waals surface area (Å²) in [5, 5.41) is 1.97. The first-order valence-corrected chi connectivity index (χ1v) is 11.2. The van der Waals surface area contributed by atoms with Crippen LogP contribution in [0, 0.1) is 6.92 Å². The summed E-state index contributed by atoms with van der Waals surface area (Å²) in [4.78, 5) is 5.84. The summed E-state index contributed by atoms with van der Waals surface area (Å²) < 4.78 is 28.7. The molecular weight excluding hydrogens is 388 g/mol. The molecule has 0 bridgehead atoms. The normalized spacial score (nSPS) is 16.8. The number of amidine groups is 1. The number of thiophene rings is 1. The van der Waals surface area contributed by atoms with Gasteiger partial charge in [-0.05, 0) is 36.1 Å². The standard InChI is InChI=1S/C22H20N2O2S2/c1-16-10-12-19(13-11-16)28(25,26)24-20(17(2)21-9-6-14-27-21)15-23-22(24)18-7-4-3-5-8-18/h3-14,20H,2,15H2,1H3. The van der Waals surface area contributed by atoms with Crippen molar-refractivity contribution in [2.24, 2.45) is 4.99 Å². The molecule has 0 saturated heterocycles. The van der Waals surface area contributed by atoms with Crippen molar-refractivity contribution >= 4 is 32.8 Å². The summed E-state index contributed by atoms with van der Waals surface area (Å²) in [5.74, 6) is 0.462. The summed E-state index contributed by atoms with van der Waals surface area (Å²) in [6.07, 6.45) is 0. The van der Waals surface area contributed by atoms with Crippen molar-refractivity contribution in [1.82, 2.24) is 4.31 Å². The van der Waals surface area contributed by atoms with Crippen LogP contribution in [0.2, 0.25) is 0 Å². The zero-order valence-electron chi connectivity index (χ0n) is 15.4. The van der Waals surface area contributed by atoms with E-state index in [0.29, 0.717) is 12.4 Å². The summed E-state index contributed by atoms with van der Waals surface area (Å²) in [5.41, 5.74) is 2.55. The summed E-state index contributed by atoms with van der Waals surface area (Å²) in [6.45, 7) is 6.50. The molecule has 0 radical (unpaired) electrons. The van der Waals surface area contributed by atoms with E-state index in [1.165, 1.54) is 4.31 Å². The lowest BCUT2D eigenvalue weighted by Crippen LogP contribution is -2.42. The summed E-state index contributed by atoms with van der Waals surface area (Å²) in [7, 11) is -3.79. The SMILES string of the molecule is C=C(c1cccs1)C1CN=C(c2ccccc2)N1S(=O)(=O)c1ccc(C)cc1. The molecule has 3 aromatic rings. The van der Waals surface area contributed by atoms with Gasteiger partial charge in [0.1, 0.15) is 5.84 Å². The van der Waals surface area contributed by atoms with Crippen LogP contribution in [0.4, 0.5) is 0 Å². The fraction of sp³-hybridized carbons (Fsp3) is 0.136. The highest BCUT2D eigenvalue weighted by molar-refractivity contribution is 7.89. The van der Waals surface area contributed by atoms with Crippen LogP contribution in [0.15, 0.2) is 88.6 Å². The quantitative estimate of drug-likeness (QED) is 0.620. The lowest BCUT2D eigenvalue weighted by Gasteiger charge is -2.28. The van der Waals surface area contributed by atoms with Crippen molar-refractivity contribution in [3.05, 3.63) is 94.7 Å². The third-order valence-corrected chi connectivity index (χ3v) is 7.51. The highest BCUT2D eigenvalue weighted by Gasteiger charge is 2.40. The van der Waals surface area contributed by atoms with Gasteiger partial charge < -0.3 is 0 Å². The average Bonchev–Trinajstić information content (AvgIpc) is 3.39. The Labute approximate surface area is 169 Å². The largest absolute Gasteiger partial charge is 0.266 e. The third-order valence-electron chi connectivity index (χ3n) is 4.76. The van der Waals surface area contributed by atoms with E-state index in [2.05, 4.69) is 11.6 Å².